The second-order valence-electron chi connectivity index (χ2n) is 5.75. The minimum atomic E-state index is -3.68. The van der Waals surface area contributed by atoms with Crippen LogP contribution in [0.5, 0.6) is 0 Å². The molecule has 6 nitrogen and oxygen atoms in total. The van der Waals surface area contributed by atoms with Gasteiger partial charge < -0.3 is 4.90 Å². The smallest absolute Gasteiger partial charge is 0.244 e. The number of nitriles is 2. The zero-order chi connectivity index (χ0) is 18.7. The average Bonchev–Trinajstić information content (AvgIpc) is 2.67. The van der Waals surface area contributed by atoms with Crippen LogP contribution in [0.4, 0.5) is 5.69 Å². The van der Waals surface area contributed by atoms with Crippen molar-refractivity contribution in [2.75, 3.05) is 31.1 Å². The van der Waals surface area contributed by atoms with Crippen molar-refractivity contribution in [1.82, 2.24) is 4.31 Å². The topological polar surface area (TPSA) is 88.2 Å². The van der Waals surface area contributed by atoms with Crippen molar-refractivity contribution >= 4 is 27.3 Å². The summed E-state index contributed by atoms with van der Waals surface area (Å²) in [4.78, 5) is 1.97. The number of para-hydroxylation sites is 1. The Kier molecular flexibility index (Phi) is 5.15. The average molecular weight is 387 g/mol. The normalized spacial score (nSPS) is 15.3. The molecule has 2 aromatic carbocycles. The van der Waals surface area contributed by atoms with Crippen LogP contribution in [0.2, 0.25) is 5.02 Å². The molecular weight excluding hydrogens is 372 g/mol. The predicted octanol–water partition coefficient (Wildman–Crippen LogP) is 2.59. The van der Waals surface area contributed by atoms with Crippen LogP contribution in [0.1, 0.15) is 11.1 Å². The third-order valence-electron chi connectivity index (χ3n) is 4.29. The Labute approximate surface area is 157 Å². The summed E-state index contributed by atoms with van der Waals surface area (Å²) in [5.74, 6) is 0. The van der Waals surface area contributed by atoms with Crippen LogP contribution in [-0.4, -0.2) is 38.9 Å². The zero-order valence-corrected chi connectivity index (χ0v) is 15.3. The van der Waals surface area contributed by atoms with E-state index in [9.17, 15) is 18.9 Å². The van der Waals surface area contributed by atoms with E-state index in [4.69, 9.17) is 11.6 Å². The summed E-state index contributed by atoms with van der Waals surface area (Å²) in [6.07, 6.45) is 0. The molecule has 2 aromatic rings. The third-order valence-corrected chi connectivity index (χ3v) is 6.68. The number of halogens is 1. The highest BCUT2D eigenvalue weighted by molar-refractivity contribution is 7.89. The Morgan fingerprint density at radius 3 is 2.00 bits per heavy atom. The van der Waals surface area contributed by atoms with E-state index in [0.29, 0.717) is 29.9 Å². The molecule has 8 heteroatoms. The number of sulfonamides is 1. The summed E-state index contributed by atoms with van der Waals surface area (Å²) in [6.45, 7) is 1.27. The maximum Gasteiger partial charge on any atom is 0.244 e. The Balaban J connectivity index is 1.84. The predicted molar refractivity (Wildman–Crippen MR) is 98.3 cm³/mol. The van der Waals surface area contributed by atoms with Gasteiger partial charge >= 0.3 is 0 Å². The monoisotopic (exact) mass is 386 g/mol. The van der Waals surface area contributed by atoms with Crippen molar-refractivity contribution in [1.29, 1.82) is 10.5 Å². The number of benzene rings is 2. The van der Waals surface area contributed by atoms with Gasteiger partial charge in [-0.25, -0.2) is 8.42 Å². The standard InChI is InChI=1S/C18H15ClN4O2S/c19-16-6-1-2-7-17(16)26(24,25)23-10-8-22(9-11-23)18-14(12-20)4-3-5-15(18)13-21/h1-7H,8-11H2. The minimum absolute atomic E-state index is 0.0882. The highest BCUT2D eigenvalue weighted by Gasteiger charge is 2.31. The molecule has 1 saturated heterocycles. The van der Waals surface area contributed by atoms with Crippen molar-refractivity contribution in [3.05, 3.63) is 58.6 Å². The molecule has 0 aromatic heterocycles. The Morgan fingerprint density at radius 1 is 0.885 bits per heavy atom. The number of hydrogen-bond donors (Lipinski definition) is 0. The van der Waals surface area contributed by atoms with E-state index in [1.807, 2.05) is 4.90 Å². The van der Waals surface area contributed by atoms with Gasteiger partial charge in [0.2, 0.25) is 10.0 Å². The van der Waals surface area contributed by atoms with E-state index >= 15 is 0 Å². The van der Waals surface area contributed by atoms with E-state index in [-0.39, 0.29) is 23.0 Å². The van der Waals surface area contributed by atoms with Gasteiger partial charge in [-0.2, -0.15) is 14.8 Å². The van der Waals surface area contributed by atoms with Gasteiger partial charge in [-0.05, 0) is 24.3 Å². The van der Waals surface area contributed by atoms with Crippen molar-refractivity contribution in [3.63, 3.8) is 0 Å². The summed E-state index contributed by atoms with van der Waals surface area (Å²) in [5.41, 5.74) is 1.38. The Bertz CT molecular complexity index is 984. The second kappa shape index (κ2) is 7.35. The molecule has 0 radical (unpaired) electrons. The molecule has 0 N–H and O–H groups in total. The number of anilines is 1. The maximum atomic E-state index is 12.8. The van der Waals surface area contributed by atoms with Crippen LogP contribution in [0, 0.1) is 22.7 Å². The summed E-state index contributed by atoms with van der Waals surface area (Å²) >= 11 is 6.04. The highest BCUT2D eigenvalue weighted by atomic mass is 35.5. The molecule has 0 amide bonds. The van der Waals surface area contributed by atoms with Crippen LogP contribution in [0.25, 0.3) is 0 Å². The van der Waals surface area contributed by atoms with Crippen LogP contribution in [0.3, 0.4) is 0 Å². The fourth-order valence-corrected chi connectivity index (χ4v) is 4.93. The van der Waals surface area contributed by atoms with Crippen molar-refractivity contribution in [2.45, 2.75) is 4.90 Å². The summed E-state index contributed by atoms with van der Waals surface area (Å²) < 4.78 is 27.0. The van der Waals surface area contributed by atoms with Gasteiger partial charge in [0.1, 0.15) is 17.0 Å². The molecule has 0 aliphatic carbocycles. The fourth-order valence-electron chi connectivity index (χ4n) is 3.01. The first-order valence-electron chi connectivity index (χ1n) is 7.92. The highest BCUT2D eigenvalue weighted by Crippen LogP contribution is 2.29. The number of piperazine rings is 1. The van der Waals surface area contributed by atoms with Crippen molar-refractivity contribution in [2.24, 2.45) is 0 Å². The van der Waals surface area contributed by atoms with Crippen molar-refractivity contribution in [3.8, 4) is 12.1 Å². The quantitative estimate of drug-likeness (QED) is 0.808. The third kappa shape index (κ3) is 3.25. The molecule has 0 saturated carbocycles. The van der Waals surface area contributed by atoms with E-state index in [0.717, 1.165) is 0 Å². The molecule has 1 heterocycles. The van der Waals surface area contributed by atoms with E-state index < -0.39 is 10.0 Å². The first-order valence-corrected chi connectivity index (χ1v) is 9.73. The second-order valence-corrected chi connectivity index (χ2v) is 8.06. The Morgan fingerprint density at radius 2 is 1.46 bits per heavy atom. The molecule has 0 atom stereocenters. The Hall–Kier alpha value is -2.58. The van der Waals surface area contributed by atoms with Gasteiger partial charge in [0.15, 0.2) is 0 Å². The first-order chi connectivity index (χ1) is 12.5. The van der Waals surface area contributed by atoms with Crippen LogP contribution >= 0.6 is 11.6 Å². The van der Waals surface area contributed by atoms with E-state index in [1.165, 1.54) is 10.4 Å². The van der Waals surface area contributed by atoms with Gasteiger partial charge in [-0.15, -0.1) is 0 Å². The summed E-state index contributed by atoms with van der Waals surface area (Å²) in [7, 11) is -3.68. The van der Waals surface area contributed by atoms with E-state index in [2.05, 4.69) is 12.1 Å². The lowest BCUT2D eigenvalue weighted by Crippen LogP contribution is -2.49. The van der Waals surface area contributed by atoms with E-state index in [1.54, 1.807) is 36.4 Å². The van der Waals surface area contributed by atoms with Crippen LogP contribution in [-0.2, 0) is 10.0 Å². The van der Waals surface area contributed by atoms with Gasteiger partial charge in [0.25, 0.3) is 0 Å². The zero-order valence-electron chi connectivity index (χ0n) is 13.8. The molecule has 0 spiro atoms. The number of nitrogens with zero attached hydrogens (tertiary/aromatic N) is 4. The molecule has 0 unspecified atom stereocenters. The summed E-state index contributed by atoms with van der Waals surface area (Å²) in [6, 6.07) is 15.5. The molecule has 1 aliphatic rings. The molecule has 1 aliphatic heterocycles. The van der Waals surface area contributed by atoms with Gasteiger partial charge in [-0.3, -0.25) is 0 Å². The molecule has 132 valence electrons. The van der Waals surface area contributed by atoms with Gasteiger partial charge in [-0.1, -0.05) is 29.8 Å². The SMILES string of the molecule is N#Cc1cccc(C#N)c1N1CCN(S(=O)(=O)c2ccccc2Cl)CC1. The van der Waals surface area contributed by atoms with Gasteiger partial charge in [0, 0.05) is 26.2 Å². The lowest BCUT2D eigenvalue weighted by molar-refractivity contribution is 0.385. The van der Waals surface area contributed by atoms with Gasteiger partial charge in [0.05, 0.1) is 21.8 Å². The lowest BCUT2D eigenvalue weighted by atomic mass is 10.1. The molecule has 26 heavy (non-hydrogen) atoms. The molecule has 0 bridgehead atoms. The largest absolute Gasteiger partial charge is 0.367 e. The van der Waals surface area contributed by atoms with Crippen LogP contribution < -0.4 is 4.90 Å². The van der Waals surface area contributed by atoms with Crippen molar-refractivity contribution < 1.29 is 8.42 Å². The number of rotatable bonds is 3. The maximum absolute atomic E-state index is 12.8. The molecule has 3 rings (SSSR count). The lowest BCUT2D eigenvalue weighted by Gasteiger charge is -2.36. The number of hydrogen-bond acceptors (Lipinski definition) is 5. The minimum Gasteiger partial charge on any atom is -0.367 e. The molecular formula is C18H15ClN4O2S. The molecule has 1 fully saturated rings. The first kappa shape index (κ1) is 18.2. The summed E-state index contributed by atoms with van der Waals surface area (Å²) in [5, 5.41) is 18.8. The fraction of sp³-hybridized carbons (Fsp3) is 0.222. The van der Waals surface area contributed by atoms with Crippen LogP contribution in [0.15, 0.2) is 47.4 Å².